The van der Waals surface area contributed by atoms with Crippen molar-refractivity contribution in [1.29, 1.82) is 0 Å². The molecule has 1 aromatic rings. The Morgan fingerprint density at radius 2 is 1.73 bits per heavy atom. The van der Waals surface area contributed by atoms with Crippen molar-refractivity contribution in [3.8, 4) is 5.75 Å². The molecular formula is C21H29NO4. The second-order valence-corrected chi connectivity index (χ2v) is 8.30. The summed E-state index contributed by atoms with van der Waals surface area (Å²) in [5, 5.41) is 3.09. The summed E-state index contributed by atoms with van der Waals surface area (Å²) >= 11 is 0. The molecule has 1 aromatic carbocycles. The maximum absolute atomic E-state index is 13.2. The number of carbonyl (C=O) groups excluding carboxylic acids is 2. The van der Waals surface area contributed by atoms with Crippen molar-refractivity contribution in [3.05, 3.63) is 23.8 Å². The van der Waals surface area contributed by atoms with Crippen molar-refractivity contribution in [2.45, 2.75) is 46.0 Å². The van der Waals surface area contributed by atoms with Crippen molar-refractivity contribution in [3.63, 3.8) is 0 Å². The van der Waals surface area contributed by atoms with Crippen LogP contribution < -0.4 is 10.1 Å². The van der Waals surface area contributed by atoms with E-state index in [0.29, 0.717) is 34.8 Å². The highest BCUT2D eigenvalue weighted by atomic mass is 16.5. The zero-order valence-electron chi connectivity index (χ0n) is 16.1. The highest BCUT2D eigenvalue weighted by Gasteiger charge is 2.48. The third-order valence-corrected chi connectivity index (χ3v) is 5.98. The zero-order valence-corrected chi connectivity index (χ0v) is 16.1. The van der Waals surface area contributed by atoms with Crippen molar-refractivity contribution in [2.75, 3.05) is 19.5 Å². The molecule has 0 heterocycles. The molecule has 26 heavy (non-hydrogen) atoms. The Morgan fingerprint density at radius 3 is 2.31 bits per heavy atom. The molecule has 2 bridgehead atoms. The van der Waals surface area contributed by atoms with Crippen LogP contribution in [-0.2, 0) is 9.53 Å². The minimum Gasteiger partial charge on any atom is -0.496 e. The molecule has 2 aliphatic rings. The summed E-state index contributed by atoms with van der Waals surface area (Å²) in [6.45, 7) is 4.52. The summed E-state index contributed by atoms with van der Waals surface area (Å²) in [7, 11) is 2.84. The van der Waals surface area contributed by atoms with Crippen LogP contribution in [0.5, 0.6) is 5.75 Å². The highest BCUT2D eigenvalue weighted by Crippen LogP contribution is 2.53. The normalized spacial score (nSPS) is 30.4. The number of anilines is 1. The third kappa shape index (κ3) is 3.57. The molecule has 0 radical (unpaired) electrons. The summed E-state index contributed by atoms with van der Waals surface area (Å²) in [6, 6.07) is 5.06. The predicted molar refractivity (Wildman–Crippen MR) is 100 cm³/mol. The van der Waals surface area contributed by atoms with Gasteiger partial charge in [0.2, 0.25) is 5.91 Å². The fourth-order valence-electron chi connectivity index (χ4n) is 5.29. The molecule has 142 valence electrons. The lowest BCUT2D eigenvalue weighted by Gasteiger charge is -2.48. The molecule has 0 saturated heterocycles. The van der Waals surface area contributed by atoms with Gasteiger partial charge in [0.1, 0.15) is 11.3 Å². The van der Waals surface area contributed by atoms with Gasteiger partial charge in [0.25, 0.3) is 0 Å². The van der Waals surface area contributed by atoms with E-state index >= 15 is 0 Å². The molecule has 0 spiro atoms. The SMILES string of the molecule is COC(=O)c1ccc(NC(=O)C23CC(C)CC(CC(C)C2)C3)cc1OC. The molecule has 3 rings (SSSR count). The molecule has 0 aliphatic heterocycles. The molecule has 2 fully saturated rings. The fraction of sp³-hybridized carbons (Fsp3) is 0.619. The number of nitrogens with one attached hydrogen (secondary N) is 1. The summed E-state index contributed by atoms with van der Waals surface area (Å²) in [5.41, 5.74) is 0.736. The molecule has 2 unspecified atom stereocenters. The maximum atomic E-state index is 13.2. The Kier molecular flexibility index (Phi) is 5.26. The maximum Gasteiger partial charge on any atom is 0.341 e. The van der Waals surface area contributed by atoms with Crippen LogP contribution in [0.4, 0.5) is 5.69 Å². The molecule has 5 nitrogen and oxygen atoms in total. The number of hydrogen-bond acceptors (Lipinski definition) is 4. The van der Waals surface area contributed by atoms with Gasteiger partial charge in [0, 0.05) is 11.8 Å². The van der Waals surface area contributed by atoms with Crippen LogP contribution >= 0.6 is 0 Å². The van der Waals surface area contributed by atoms with E-state index in [1.54, 1.807) is 18.2 Å². The Hall–Kier alpha value is -2.04. The summed E-state index contributed by atoms with van der Waals surface area (Å²) < 4.78 is 10.1. The molecule has 2 aliphatic carbocycles. The van der Waals surface area contributed by atoms with Crippen molar-refractivity contribution < 1.29 is 19.1 Å². The molecule has 2 atom stereocenters. The van der Waals surface area contributed by atoms with Crippen LogP contribution in [0, 0.1) is 23.2 Å². The monoisotopic (exact) mass is 359 g/mol. The third-order valence-electron chi connectivity index (χ3n) is 5.98. The van der Waals surface area contributed by atoms with E-state index in [9.17, 15) is 9.59 Å². The number of carbonyl (C=O) groups is 2. The molecule has 0 aromatic heterocycles. The molecule has 2 saturated carbocycles. The number of ether oxygens (including phenoxy) is 2. The molecular weight excluding hydrogens is 330 g/mol. The van der Waals surface area contributed by atoms with Crippen LogP contribution in [0.25, 0.3) is 0 Å². The van der Waals surface area contributed by atoms with Gasteiger partial charge in [-0.3, -0.25) is 4.79 Å². The largest absolute Gasteiger partial charge is 0.496 e. The first-order chi connectivity index (χ1) is 12.4. The average Bonchev–Trinajstić information content (AvgIpc) is 2.59. The first-order valence-corrected chi connectivity index (χ1v) is 9.44. The molecule has 1 amide bonds. The number of benzene rings is 1. The lowest BCUT2D eigenvalue weighted by atomic mass is 9.56. The first-order valence-electron chi connectivity index (χ1n) is 9.44. The second-order valence-electron chi connectivity index (χ2n) is 8.30. The van der Waals surface area contributed by atoms with Gasteiger partial charge in [0.15, 0.2) is 0 Å². The summed E-state index contributed by atoms with van der Waals surface area (Å²) in [5.74, 6) is 1.88. The van der Waals surface area contributed by atoms with E-state index in [4.69, 9.17) is 9.47 Å². The smallest absolute Gasteiger partial charge is 0.341 e. The number of hydrogen-bond donors (Lipinski definition) is 1. The van der Waals surface area contributed by atoms with E-state index in [1.165, 1.54) is 27.1 Å². The number of amides is 1. The average molecular weight is 359 g/mol. The van der Waals surface area contributed by atoms with Gasteiger partial charge in [-0.05, 0) is 62.0 Å². The Morgan fingerprint density at radius 1 is 1.08 bits per heavy atom. The number of esters is 1. The lowest BCUT2D eigenvalue weighted by Crippen LogP contribution is -2.47. The van der Waals surface area contributed by atoms with Gasteiger partial charge < -0.3 is 14.8 Å². The fourth-order valence-corrected chi connectivity index (χ4v) is 5.29. The van der Waals surface area contributed by atoms with E-state index < -0.39 is 5.97 Å². The number of fused-ring (bicyclic) bond motifs is 2. The first kappa shape index (κ1) is 18.7. The Labute approximate surface area is 155 Å². The van der Waals surface area contributed by atoms with Crippen LogP contribution in [0.2, 0.25) is 0 Å². The zero-order chi connectivity index (χ0) is 18.9. The summed E-state index contributed by atoms with van der Waals surface area (Å²) in [6.07, 6.45) is 5.38. The van der Waals surface area contributed by atoms with E-state index in [-0.39, 0.29) is 11.3 Å². The van der Waals surface area contributed by atoms with Crippen molar-refractivity contribution >= 4 is 17.6 Å². The van der Waals surface area contributed by atoms with Crippen LogP contribution in [0.3, 0.4) is 0 Å². The highest BCUT2D eigenvalue weighted by molar-refractivity contribution is 5.97. The van der Waals surface area contributed by atoms with Gasteiger partial charge in [-0.25, -0.2) is 4.79 Å². The quantitative estimate of drug-likeness (QED) is 0.815. The summed E-state index contributed by atoms with van der Waals surface area (Å²) in [4.78, 5) is 25.0. The topological polar surface area (TPSA) is 64.6 Å². The predicted octanol–water partition coefficient (Wildman–Crippen LogP) is 4.27. The van der Waals surface area contributed by atoms with Gasteiger partial charge >= 0.3 is 5.97 Å². The Bertz CT molecular complexity index is 680. The minimum absolute atomic E-state index is 0.105. The standard InChI is InChI=1S/C21H29NO4/c1-13-7-15-8-14(2)11-21(10-13,12-15)20(24)22-16-5-6-17(19(23)26-4)18(9-16)25-3/h5-6,9,13-15H,7-8,10-12H2,1-4H3,(H,22,24). The van der Waals surface area contributed by atoms with Crippen LogP contribution in [0.15, 0.2) is 18.2 Å². The van der Waals surface area contributed by atoms with Crippen molar-refractivity contribution in [1.82, 2.24) is 0 Å². The molecule has 5 heteroatoms. The van der Waals surface area contributed by atoms with Gasteiger partial charge in [-0.1, -0.05) is 13.8 Å². The van der Waals surface area contributed by atoms with Crippen LogP contribution in [0.1, 0.15) is 56.3 Å². The van der Waals surface area contributed by atoms with Crippen LogP contribution in [-0.4, -0.2) is 26.1 Å². The van der Waals surface area contributed by atoms with Gasteiger partial charge in [0.05, 0.1) is 19.6 Å². The second kappa shape index (κ2) is 7.29. The van der Waals surface area contributed by atoms with Gasteiger partial charge in [-0.15, -0.1) is 0 Å². The van der Waals surface area contributed by atoms with Gasteiger partial charge in [-0.2, -0.15) is 0 Å². The van der Waals surface area contributed by atoms with E-state index in [1.807, 2.05) is 0 Å². The molecule has 1 N–H and O–H groups in total. The number of methoxy groups -OCH3 is 2. The van der Waals surface area contributed by atoms with E-state index in [0.717, 1.165) is 19.3 Å². The van der Waals surface area contributed by atoms with Crippen molar-refractivity contribution in [2.24, 2.45) is 23.2 Å². The lowest BCUT2D eigenvalue weighted by molar-refractivity contribution is -0.133. The minimum atomic E-state index is -0.455. The Balaban J connectivity index is 1.82. The van der Waals surface area contributed by atoms with E-state index in [2.05, 4.69) is 19.2 Å². The number of rotatable bonds is 4.